The van der Waals surface area contributed by atoms with Gasteiger partial charge < -0.3 is 24.8 Å². The lowest BCUT2D eigenvalue weighted by Crippen LogP contribution is -2.17. The minimum atomic E-state index is -4.05. The van der Waals surface area contributed by atoms with Gasteiger partial charge in [0.2, 0.25) is 0 Å². The molecule has 0 aliphatic rings. The lowest BCUT2D eigenvalue weighted by atomic mass is 9.98. The second-order valence-electron chi connectivity index (χ2n) is 7.53. The molecule has 0 fully saturated rings. The first-order valence-electron chi connectivity index (χ1n) is 10.3. The third kappa shape index (κ3) is 4.78. The Morgan fingerprint density at radius 3 is 2.32 bits per heavy atom. The molecule has 2 heterocycles. The Bertz CT molecular complexity index is 1420. The number of ether oxygens (including phenoxy) is 1. The number of aliphatic hydroxyl groups excluding tert-OH is 2. The number of anilines is 3. The van der Waals surface area contributed by atoms with Crippen molar-refractivity contribution in [2.75, 3.05) is 30.4 Å². The zero-order valence-electron chi connectivity index (χ0n) is 18.5. The van der Waals surface area contributed by atoms with E-state index in [1.807, 2.05) is 0 Å². The molecular formula is C22H24N6O5S. The van der Waals surface area contributed by atoms with Crippen LogP contribution in [0, 0.1) is 0 Å². The number of aryl methyl sites for hydroxylation is 1. The highest BCUT2D eigenvalue weighted by Crippen LogP contribution is 2.33. The van der Waals surface area contributed by atoms with Crippen LogP contribution in [-0.2, 0) is 17.1 Å². The van der Waals surface area contributed by atoms with Gasteiger partial charge in [0.15, 0.2) is 16.7 Å². The van der Waals surface area contributed by atoms with Gasteiger partial charge in [0.05, 0.1) is 37.7 Å². The van der Waals surface area contributed by atoms with Gasteiger partial charge >= 0.3 is 0 Å². The summed E-state index contributed by atoms with van der Waals surface area (Å²) in [6, 6.07) is 12.1. The number of sulfonamides is 1. The van der Waals surface area contributed by atoms with Crippen molar-refractivity contribution in [3.8, 4) is 5.75 Å². The summed E-state index contributed by atoms with van der Waals surface area (Å²) < 4.78 is 35.2. The van der Waals surface area contributed by atoms with Crippen molar-refractivity contribution in [3.63, 3.8) is 0 Å². The average molecular weight is 485 g/mol. The van der Waals surface area contributed by atoms with Crippen LogP contribution < -0.4 is 14.8 Å². The van der Waals surface area contributed by atoms with Crippen molar-refractivity contribution >= 4 is 38.4 Å². The van der Waals surface area contributed by atoms with Crippen LogP contribution in [-0.4, -0.2) is 58.5 Å². The van der Waals surface area contributed by atoms with Gasteiger partial charge in [0.25, 0.3) is 10.0 Å². The van der Waals surface area contributed by atoms with E-state index < -0.39 is 15.9 Å². The Balaban J connectivity index is 1.83. The maximum Gasteiger partial charge on any atom is 0.282 e. The van der Waals surface area contributed by atoms with Crippen LogP contribution >= 0.6 is 0 Å². The predicted molar refractivity (Wildman–Crippen MR) is 127 cm³/mol. The number of aliphatic hydroxyl groups is 2. The van der Waals surface area contributed by atoms with Gasteiger partial charge in [0.1, 0.15) is 5.75 Å². The maximum atomic E-state index is 13.0. The molecule has 4 aromatic rings. The molecular weight excluding hydrogens is 460 g/mol. The summed E-state index contributed by atoms with van der Waals surface area (Å²) in [7, 11) is -0.879. The molecule has 0 unspecified atom stereocenters. The molecule has 0 amide bonds. The molecule has 2 aromatic heterocycles. The Morgan fingerprint density at radius 2 is 1.74 bits per heavy atom. The summed E-state index contributed by atoms with van der Waals surface area (Å²) >= 11 is 0. The van der Waals surface area contributed by atoms with E-state index in [1.54, 1.807) is 49.5 Å². The summed E-state index contributed by atoms with van der Waals surface area (Å²) in [6.45, 7) is -0.583. The Labute approximate surface area is 196 Å². The highest BCUT2D eigenvalue weighted by molar-refractivity contribution is 7.92. The number of methoxy groups -OCH3 is 1. The molecule has 0 saturated heterocycles. The fourth-order valence-corrected chi connectivity index (χ4v) is 4.37. The predicted octanol–water partition coefficient (Wildman–Crippen LogP) is 1.98. The van der Waals surface area contributed by atoms with Gasteiger partial charge in [-0.05, 0) is 23.8 Å². The average Bonchev–Trinajstić information content (AvgIpc) is 3.28. The molecule has 4 N–H and O–H groups in total. The normalized spacial score (nSPS) is 11.7. The molecule has 34 heavy (non-hydrogen) atoms. The Hall–Kier alpha value is -3.74. The monoisotopic (exact) mass is 484 g/mol. The quantitative estimate of drug-likeness (QED) is 0.279. The molecule has 0 aliphatic heterocycles. The second kappa shape index (κ2) is 9.63. The summed E-state index contributed by atoms with van der Waals surface area (Å²) in [5, 5.41) is 22.4. The molecule has 0 atom stereocenters. The number of hydrogen-bond donors (Lipinski definition) is 4. The first kappa shape index (κ1) is 23.4. The number of rotatable bonds is 9. The highest BCUT2D eigenvalue weighted by Gasteiger charge is 2.22. The van der Waals surface area contributed by atoms with Crippen molar-refractivity contribution in [2.24, 2.45) is 7.05 Å². The van der Waals surface area contributed by atoms with E-state index >= 15 is 0 Å². The topological polar surface area (TPSA) is 151 Å². The summed E-state index contributed by atoms with van der Waals surface area (Å²) in [5.41, 5.74) is 2.09. The van der Waals surface area contributed by atoms with Crippen LogP contribution in [0.25, 0.3) is 11.0 Å². The first-order chi connectivity index (χ1) is 16.3. The number of nitrogens with zero attached hydrogens (tertiary/aromatic N) is 4. The van der Waals surface area contributed by atoms with Crippen molar-refractivity contribution in [1.82, 2.24) is 19.5 Å². The van der Waals surface area contributed by atoms with Crippen molar-refractivity contribution < 1.29 is 23.4 Å². The third-order valence-corrected chi connectivity index (χ3v) is 6.38. The molecule has 2 aromatic carbocycles. The fraction of sp³-hybridized carbons (Fsp3) is 0.227. The SMILES string of the molecule is COc1ccc(C(CO)CO)c(Nc2nc3ccccc3nc2NS(=O)(=O)c2cn(C)cn2)c1. The van der Waals surface area contributed by atoms with Crippen LogP contribution in [0.3, 0.4) is 0 Å². The lowest BCUT2D eigenvalue weighted by molar-refractivity contribution is 0.193. The molecule has 0 bridgehead atoms. The van der Waals surface area contributed by atoms with Crippen LogP contribution in [0.4, 0.5) is 17.3 Å². The van der Waals surface area contributed by atoms with Crippen LogP contribution in [0.15, 0.2) is 60.0 Å². The third-order valence-electron chi connectivity index (χ3n) is 5.15. The number of benzene rings is 2. The van der Waals surface area contributed by atoms with Gasteiger partial charge in [-0.3, -0.25) is 4.72 Å². The Morgan fingerprint density at radius 1 is 1.06 bits per heavy atom. The smallest absolute Gasteiger partial charge is 0.282 e. The zero-order valence-corrected chi connectivity index (χ0v) is 19.3. The van der Waals surface area contributed by atoms with E-state index in [-0.39, 0.29) is 29.9 Å². The van der Waals surface area contributed by atoms with Gasteiger partial charge in [-0.1, -0.05) is 18.2 Å². The molecule has 178 valence electrons. The fourth-order valence-electron chi connectivity index (χ4n) is 3.37. The number of nitrogens with one attached hydrogen (secondary N) is 2. The number of aromatic nitrogens is 4. The minimum Gasteiger partial charge on any atom is -0.497 e. The largest absolute Gasteiger partial charge is 0.497 e. The maximum absolute atomic E-state index is 13.0. The second-order valence-corrected chi connectivity index (χ2v) is 9.16. The zero-order chi connectivity index (χ0) is 24.3. The van der Waals surface area contributed by atoms with Crippen LogP contribution in [0.1, 0.15) is 11.5 Å². The lowest BCUT2D eigenvalue weighted by Gasteiger charge is -2.19. The molecule has 0 spiro atoms. The molecule has 12 heteroatoms. The van der Waals surface area contributed by atoms with Gasteiger partial charge in [-0.15, -0.1) is 0 Å². The van der Waals surface area contributed by atoms with E-state index in [0.717, 1.165) is 0 Å². The number of hydrogen-bond acceptors (Lipinski definition) is 9. The van der Waals surface area contributed by atoms with Crippen molar-refractivity contribution in [2.45, 2.75) is 10.9 Å². The summed E-state index contributed by atoms with van der Waals surface area (Å²) in [6.07, 6.45) is 2.75. The van der Waals surface area contributed by atoms with E-state index in [2.05, 4.69) is 25.0 Å². The number of para-hydroxylation sites is 2. The van der Waals surface area contributed by atoms with E-state index in [1.165, 1.54) is 24.2 Å². The Kier molecular flexibility index (Phi) is 6.63. The summed E-state index contributed by atoms with van der Waals surface area (Å²) in [4.78, 5) is 12.9. The first-order valence-corrected chi connectivity index (χ1v) is 11.8. The van der Waals surface area contributed by atoms with Crippen LogP contribution in [0.5, 0.6) is 5.75 Å². The summed E-state index contributed by atoms with van der Waals surface area (Å²) in [5.74, 6) is 0.0331. The van der Waals surface area contributed by atoms with Crippen LogP contribution in [0.2, 0.25) is 0 Å². The molecule has 0 aliphatic carbocycles. The minimum absolute atomic E-state index is 0.0392. The molecule has 11 nitrogen and oxygen atoms in total. The molecule has 0 radical (unpaired) electrons. The van der Waals surface area contributed by atoms with E-state index in [9.17, 15) is 18.6 Å². The number of fused-ring (bicyclic) bond motifs is 1. The van der Waals surface area contributed by atoms with Crippen molar-refractivity contribution in [1.29, 1.82) is 0 Å². The van der Waals surface area contributed by atoms with E-state index in [0.29, 0.717) is 28.0 Å². The van der Waals surface area contributed by atoms with Gasteiger partial charge in [0, 0.05) is 30.9 Å². The number of imidazole rings is 1. The highest BCUT2D eigenvalue weighted by atomic mass is 32.2. The van der Waals surface area contributed by atoms with E-state index in [4.69, 9.17) is 4.74 Å². The van der Waals surface area contributed by atoms with Crippen molar-refractivity contribution in [3.05, 3.63) is 60.6 Å². The molecule has 4 rings (SSSR count). The van der Waals surface area contributed by atoms with Gasteiger partial charge in [-0.25, -0.2) is 15.0 Å². The molecule has 0 saturated carbocycles. The standard InChI is InChI=1S/C22H24N6O5S/c1-28-10-20(23-13-28)34(31,32)27-22-21(24-17-5-3-4-6-18(17)25-22)26-19-9-15(33-2)7-8-16(19)14(11-29)12-30/h3-10,13-14,29-30H,11-12H2,1-2H3,(H,24,26)(H,25,27). The van der Waals surface area contributed by atoms with Gasteiger partial charge in [-0.2, -0.15) is 8.42 Å².